The minimum absolute atomic E-state index is 0.141. The Balaban J connectivity index is 3.08. The SMILES string of the molecule is CCCNC(=O)NCCOCCN. The summed E-state index contributed by atoms with van der Waals surface area (Å²) in [4.78, 5) is 10.9. The van der Waals surface area contributed by atoms with Crippen molar-refractivity contribution in [1.82, 2.24) is 10.6 Å². The summed E-state index contributed by atoms with van der Waals surface area (Å²) < 4.78 is 5.07. The monoisotopic (exact) mass is 189 g/mol. The first-order valence-electron chi connectivity index (χ1n) is 4.60. The topological polar surface area (TPSA) is 76.4 Å². The number of hydrogen-bond donors (Lipinski definition) is 3. The van der Waals surface area contributed by atoms with Crippen molar-refractivity contribution in [3.63, 3.8) is 0 Å². The minimum Gasteiger partial charge on any atom is -0.378 e. The molecule has 0 aliphatic rings. The van der Waals surface area contributed by atoms with Gasteiger partial charge in [0.1, 0.15) is 0 Å². The van der Waals surface area contributed by atoms with Gasteiger partial charge in [0.2, 0.25) is 0 Å². The molecule has 0 unspecified atom stereocenters. The number of nitrogens with one attached hydrogen (secondary N) is 2. The summed E-state index contributed by atoms with van der Waals surface area (Å²) in [6.45, 7) is 4.80. The van der Waals surface area contributed by atoms with Crippen LogP contribution >= 0.6 is 0 Å². The predicted octanol–water partition coefficient (Wildman–Crippen LogP) is -0.329. The van der Waals surface area contributed by atoms with Gasteiger partial charge in [-0.25, -0.2) is 4.79 Å². The molecule has 0 heterocycles. The molecule has 4 N–H and O–H groups in total. The van der Waals surface area contributed by atoms with Crippen molar-refractivity contribution in [2.24, 2.45) is 5.73 Å². The summed E-state index contributed by atoms with van der Waals surface area (Å²) in [5.41, 5.74) is 5.21. The summed E-state index contributed by atoms with van der Waals surface area (Å²) in [7, 11) is 0. The lowest BCUT2D eigenvalue weighted by Gasteiger charge is -2.06. The molecule has 0 aliphatic carbocycles. The Morgan fingerprint density at radius 3 is 2.62 bits per heavy atom. The first-order valence-corrected chi connectivity index (χ1v) is 4.60. The van der Waals surface area contributed by atoms with Crippen molar-refractivity contribution in [3.8, 4) is 0 Å². The van der Waals surface area contributed by atoms with Crippen LogP contribution in [0.4, 0.5) is 4.79 Å². The van der Waals surface area contributed by atoms with Crippen LogP contribution in [0.2, 0.25) is 0 Å². The van der Waals surface area contributed by atoms with Gasteiger partial charge >= 0.3 is 6.03 Å². The zero-order valence-corrected chi connectivity index (χ0v) is 8.14. The van der Waals surface area contributed by atoms with Crippen LogP contribution in [-0.4, -0.2) is 38.9 Å². The van der Waals surface area contributed by atoms with E-state index in [4.69, 9.17) is 10.5 Å². The molecule has 0 aliphatic heterocycles. The highest BCUT2D eigenvalue weighted by atomic mass is 16.5. The van der Waals surface area contributed by atoms with Crippen LogP contribution in [0.3, 0.4) is 0 Å². The van der Waals surface area contributed by atoms with Gasteiger partial charge in [-0.15, -0.1) is 0 Å². The van der Waals surface area contributed by atoms with Gasteiger partial charge in [0, 0.05) is 19.6 Å². The Kier molecular flexibility index (Phi) is 8.70. The Bertz CT molecular complexity index is 131. The second-order valence-electron chi connectivity index (χ2n) is 2.58. The fourth-order valence-corrected chi connectivity index (χ4v) is 0.723. The third-order valence-corrected chi connectivity index (χ3v) is 1.33. The first kappa shape index (κ1) is 12.2. The molecule has 0 rings (SSSR count). The average molecular weight is 189 g/mol. The molecule has 0 saturated carbocycles. The number of urea groups is 1. The largest absolute Gasteiger partial charge is 0.378 e. The van der Waals surface area contributed by atoms with E-state index in [-0.39, 0.29) is 6.03 Å². The van der Waals surface area contributed by atoms with E-state index in [0.29, 0.717) is 32.8 Å². The molecule has 0 aromatic rings. The first-order chi connectivity index (χ1) is 6.31. The Morgan fingerprint density at radius 2 is 2.00 bits per heavy atom. The van der Waals surface area contributed by atoms with E-state index in [9.17, 15) is 4.79 Å². The van der Waals surface area contributed by atoms with E-state index in [1.54, 1.807) is 0 Å². The molecule has 78 valence electrons. The van der Waals surface area contributed by atoms with Crippen molar-refractivity contribution in [2.45, 2.75) is 13.3 Å². The molecule has 0 bridgehead atoms. The van der Waals surface area contributed by atoms with Crippen molar-refractivity contribution in [3.05, 3.63) is 0 Å². The van der Waals surface area contributed by atoms with Crippen LogP contribution in [-0.2, 0) is 4.74 Å². The molecule has 0 atom stereocenters. The highest BCUT2D eigenvalue weighted by Gasteiger charge is 1.95. The number of nitrogens with two attached hydrogens (primary N) is 1. The third-order valence-electron chi connectivity index (χ3n) is 1.33. The second-order valence-corrected chi connectivity index (χ2v) is 2.58. The predicted molar refractivity (Wildman–Crippen MR) is 51.6 cm³/mol. The van der Waals surface area contributed by atoms with E-state index >= 15 is 0 Å². The van der Waals surface area contributed by atoms with Crippen LogP contribution in [0.25, 0.3) is 0 Å². The lowest BCUT2D eigenvalue weighted by atomic mass is 10.5. The van der Waals surface area contributed by atoms with Gasteiger partial charge < -0.3 is 21.1 Å². The van der Waals surface area contributed by atoms with Crippen LogP contribution in [0, 0.1) is 0 Å². The number of carbonyl (C=O) groups is 1. The average Bonchev–Trinajstić information content (AvgIpc) is 2.14. The molecule has 2 amide bonds. The lowest BCUT2D eigenvalue weighted by molar-refractivity contribution is 0.143. The van der Waals surface area contributed by atoms with E-state index in [0.717, 1.165) is 6.42 Å². The summed E-state index contributed by atoms with van der Waals surface area (Å²) in [6, 6.07) is -0.141. The van der Waals surface area contributed by atoms with Crippen LogP contribution in [0.5, 0.6) is 0 Å². The van der Waals surface area contributed by atoms with Gasteiger partial charge in [-0.1, -0.05) is 6.92 Å². The second kappa shape index (κ2) is 9.28. The molecule has 0 fully saturated rings. The summed E-state index contributed by atoms with van der Waals surface area (Å²) >= 11 is 0. The van der Waals surface area contributed by atoms with Gasteiger partial charge in [0.15, 0.2) is 0 Å². The normalized spacial score (nSPS) is 9.69. The van der Waals surface area contributed by atoms with E-state index < -0.39 is 0 Å². The maximum Gasteiger partial charge on any atom is 0.314 e. The standard InChI is InChI=1S/C8H19N3O2/c1-2-4-10-8(12)11-5-7-13-6-3-9/h2-7,9H2,1H3,(H2,10,11,12). The van der Waals surface area contributed by atoms with E-state index in [2.05, 4.69) is 10.6 Å². The zero-order valence-electron chi connectivity index (χ0n) is 8.14. The molecule has 0 spiro atoms. The Labute approximate surface area is 79.0 Å². The van der Waals surface area contributed by atoms with Crippen molar-refractivity contribution >= 4 is 6.03 Å². The zero-order chi connectivity index (χ0) is 9.94. The van der Waals surface area contributed by atoms with Crippen molar-refractivity contribution in [2.75, 3.05) is 32.8 Å². The fraction of sp³-hybridized carbons (Fsp3) is 0.875. The van der Waals surface area contributed by atoms with Gasteiger partial charge in [-0.2, -0.15) is 0 Å². The number of ether oxygens (including phenoxy) is 1. The van der Waals surface area contributed by atoms with Crippen molar-refractivity contribution in [1.29, 1.82) is 0 Å². The number of rotatable bonds is 7. The molecular formula is C8H19N3O2. The highest BCUT2D eigenvalue weighted by molar-refractivity contribution is 5.73. The maximum absolute atomic E-state index is 10.9. The van der Waals surface area contributed by atoms with Crippen LogP contribution in [0.1, 0.15) is 13.3 Å². The third kappa shape index (κ3) is 9.10. The summed E-state index contributed by atoms with van der Waals surface area (Å²) in [5, 5.41) is 5.35. The van der Waals surface area contributed by atoms with E-state index in [1.165, 1.54) is 0 Å². The van der Waals surface area contributed by atoms with Crippen LogP contribution in [0.15, 0.2) is 0 Å². The van der Waals surface area contributed by atoms with Gasteiger partial charge in [0.05, 0.1) is 13.2 Å². The highest BCUT2D eigenvalue weighted by Crippen LogP contribution is 1.73. The Hall–Kier alpha value is -0.810. The van der Waals surface area contributed by atoms with Gasteiger partial charge in [-0.05, 0) is 6.42 Å². The molecular weight excluding hydrogens is 170 g/mol. The molecule has 0 radical (unpaired) electrons. The molecule has 0 aromatic heterocycles. The quantitative estimate of drug-likeness (QED) is 0.480. The summed E-state index contributed by atoms with van der Waals surface area (Å²) in [6.07, 6.45) is 0.942. The molecule has 5 heteroatoms. The Morgan fingerprint density at radius 1 is 1.31 bits per heavy atom. The number of hydrogen-bond acceptors (Lipinski definition) is 3. The number of carbonyl (C=O) groups excluding carboxylic acids is 1. The van der Waals surface area contributed by atoms with Crippen LogP contribution < -0.4 is 16.4 Å². The molecule has 5 nitrogen and oxygen atoms in total. The van der Waals surface area contributed by atoms with Gasteiger partial charge in [0.25, 0.3) is 0 Å². The van der Waals surface area contributed by atoms with E-state index in [1.807, 2.05) is 6.92 Å². The number of amides is 2. The summed E-state index contributed by atoms with van der Waals surface area (Å²) in [5.74, 6) is 0. The maximum atomic E-state index is 10.9. The smallest absolute Gasteiger partial charge is 0.314 e. The lowest BCUT2D eigenvalue weighted by Crippen LogP contribution is -2.37. The molecule has 0 saturated heterocycles. The fourth-order valence-electron chi connectivity index (χ4n) is 0.723. The van der Waals surface area contributed by atoms with Gasteiger partial charge in [-0.3, -0.25) is 0 Å². The molecule has 13 heavy (non-hydrogen) atoms. The minimum atomic E-state index is -0.141. The molecule has 0 aromatic carbocycles. The van der Waals surface area contributed by atoms with Crippen molar-refractivity contribution < 1.29 is 9.53 Å².